The predicted molar refractivity (Wildman–Crippen MR) is 75.9 cm³/mol. The minimum Gasteiger partial charge on any atom is -0.376 e. The van der Waals surface area contributed by atoms with Gasteiger partial charge in [0.15, 0.2) is 0 Å². The summed E-state index contributed by atoms with van der Waals surface area (Å²) in [4.78, 5) is 10.2. The van der Waals surface area contributed by atoms with Gasteiger partial charge < -0.3 is 9.88 Å². The Hall–Kier alpha value is -2.29. The summed E-state index contributed by atoms with van der Waals surface area (Å²) in [5.41, 5.74) is 4.32. The summed E-state index contributed by atoms with van der Waals surface area (Å²) in [5.74, 6) is 0.917. The number of nitrogens with one attached hydrogen (secondary N) is 1. The molecule has 0 fully saturated rings. The molecule has 0 saturated carbocycles. The molecule has 0 unspecified atom stereocenters. The number of imidazole rings is 1. The molecule has 0 aliphatic carbocycles. The SMILES string of the molecule is CN(C)c1cccc2[nH]c(-c3ccccc3)nc12. The number of rotatable bonds is 2. The smallest absolute Gasteiger partial charge is 0.138 e. The molecule has 0 radical (unpaired) electrons. The van der Waals surface area contributed by atoms with Gasteiger partial charge in [0.1, 0.15) is 11.3 Å². The lowest BCUT2D eigenvalue weighted by molar-refractivity contribution is 1.14. The van der Waals surface area contributed by atoms with Crippen LogP contribution in [0.15, 0.2) is 48.5 Å². The number of hydrogen-bond acceptors (Lipinski definition) is 2. The molecule has 3 rings (SSSR count). The van der Waals surface area contributed by atoms with Gasteiger partial charge in [0, 0.05) is 19.7 Å². The van der Waals surface area contributed by atoms with Crippen LogP contribution in [0.2, 0.25) is 0 Å². The van der Waals surface area contributed by atoms with Gasteiger partial charge in [-0.15, -0.1) is 0 Å². The summed E-state index contributed by atoms with van der Waals surface area (Å²) in [7, 11) is 4.07. The molecular weight excluding hydrogens is 222 g/mol. The standard InChI is InChI=1S/C15H15N3/c1-18(2)13-10-6-9-12-14(13)17-15(16-12)11-7-4-3-5-8-11/h3-10H,1-2H3,(H,16,17). The third kappa shape index (κ3) is 1.74. The van der Waals surface area contributed by atoms with Crippen molar-refractivity contribution in [2.45, 2.75) is 0 Å². The fourth-order valence-electron chi connectivity index (χ4n) is 2.11. The van der Waals surface area contributed by atoms with Crippen molar-refractivity contribution in [1.29, 1.82) is 0 Å². The minimum absolute atomic E-state index is 0.917. The Morgan fingerprint density at radius 3 is 2.44 bits per heavy atom. The second-order valence-corrected chi connectivity index (χ2v) is 4.52. The molecule has 0 amide bonds. The summed E-state index contributed by atoms with van der Waals surface area (Å²) in [6, 6.07) is 16.4. The van der Waals surface area contributed by atoms with Gasteiger partial charge in [-0.2, -0.15) is 0 Å². The van der Waals surface area contributed by atoms with Crippen LogP contribution in [0.25, 0.3) is 22.4 Å². The first kappa shape index (κ1) is 10.8. The number of anilines is 1. The molecule has 1 N–H and O–H groups in total. The van der Waals surface area contributed by atoms with Crippen LogP contribution in [0.5, 0.6) is 0 Å². The lowest BCUT2D eigenvalue weighted by Crippen LogP contribution is -2.08. The molecule has 0 aliphatic rings. The van der Waals surface area contributed by atoms with Gasteiger partial charge in [-0.05, 0) is 12.1 Å². The van der Waals surface area contributed by atoms with Crippen molar-refractivity contribution in [2.75, 3.05) is 19.0 Å². The van der Waals surface area contributed by atoms with Crippen molar-refractivity contribution in [3.05, 3.63) is 48.5 Å². The van der Waals surface area contributed by atoms with Gasteiger partial charge in [-0.25, -0.2) is 4.98 Å². The van der Waals surface area contributed by atoms with Gasteiger partial charge in [-0.3, -0.25) is 0 Å². The number of fused-ring (bicyclic) bond motifs is 1. The zero-order valence-electron chi connectivity index (χ0n) is 10.5. The van der Waals surface area contributed by atoms with E-state index in [1.54, 1.807) is 0 Å². The number of benzene rings is 2. The van der Waals surface area contributed by atoms with Crippen LogP contribution in [-0.2, 0) is 0 Å². The van der Waals surface area contributed by atoms with Gasteiger partial charge in [-0.1, -0.05) is 36.4 Å². The predicted octanol–water partition coefficient (Wildman–Crippen LogP) is 3.30. The molecule has 2 aromatic carbocycles. The average Bonchev–Trinajstić information content (AvgIpc) is 2.83. The van der Waals surface area contributed by atoms with E-state index in [1.807, 2.05) is 38.4 Å². The maximum atomic E-state index is 4.71. The maximum Gasteiger partial charge on any atom is 0.138 e. The number of nitrogens with zero attached hydrogens (tertiary/aromatic N) is 2. The van der Waals surface area contributed by atoms with E-state index in [1.165, 1.54) is 0 Å². The van der Waals surface area contributed by atoms with E-state index in [2.05, 4.69) is 34.1 Å². The Bertz CT molecular complexity index is 669. The highest BCUT2D eigenvalue weighted by Crippen LogP contribution is 2.26. The van der Waals surface area contributed by atoms with Crippen LogP contribution < -0.4 is 4.90 Å². The fourth-order valence-corrected chi connectivity index (χ4v) is 2.11. The molecule has 3 nitrogen and oxygen atoms in total. The van der Waals surface area contributed by atoms with Crippen LogP contribution in [0.1, 0.15) is 0 Å². The zero-order valence-corrected chi connectivity index (χ0v) is 10.5. The molecule has 0 atom stereocenters. The molecule has 90 valence electrons. The van der Waals surface area contributed by atoms with Gasteiger partial charge >= 0.3 is 0 Å². The summed E-state index contributed by atoms with van der Waals surface area (Å²) in [6.45, 7) is 0. The van der Waals surface area contributed by atoms with Gasteiger partial charge in [0.2, 0.25) is 0 Å². The van der Waals surface area contributed by atoms with Crippen molar-refractivity contribution in [1.82, 2.24) is 9.97 Å². The molecule has 0 bridgehead atoms. The van der Waals surface area contributed by atoms with Crippen molar-refractivity contribution in [3.8, 4) is 11.4 Å². The Morgan fingerprint density at radius 1 is 0.944 bits per heavy atom. The van der Waals surface area contributed by atoms with Crippen LogP contribution >= 0.6 is 0 Å². The van der Waals surface area contributed by atoms with Crippen molar-refractivity contribution in [3.63, 3.8) is 0 Å². The topological polar surface area (TPSA) is 31.9 Å². The third-order valence-corrected chi connectivity index (χ3v) is 3.02. The van der Waals surface area contributed by atoms with Crippen molar-refractivity contribution < 1.29 is 0 Å². The second-order valence-electron chi connectivity index (χ2n) is 4.52. The van der Waals surface area contributed by atoms with Gasteiger partial charge in [0.25, 0.3) is 0 Å². The summed E-state index contributed by atoms with van der Waals surface area (Å²) in [6.07, 6.45) is 0. The largest absolute Gasteiger partial charge is 0.376 e. The Kier molecular flexibility index (Phi) is 2.52. The number of H-pyrrole nitrogens is 1. The Morgan fingerprint density at radius 2 is 1.72 bits per heavy atom. The maximum absolute atomic E-state index is 4.71. The number of hydrogen-bond donors (Lipinski definition) is 1. The number of para-hydroxylation sites is 1. The molecule has 18 heavy (non-hydrogen) atoms. The molecule has 1 aromatic heterocycles. The summed E-state index contributed by atoms with van der Waals surface area (Å²) >= 11 is 0. The van der Waals surface area contributed by atoms with Crippen molar-refractivity contribution >= 4 is 16.7 Å². The Balaban J connectivity index is 2.20. The zero-order chi connectivity index (χ0) is 12.5. The normalized spacial score (nSPS) is 10.8. The summed E-state index contributed by atoms with van der Waals surface area (Å²) < 4.78 is 0. The first-order chi connectivity index (χ1) is 8.75. The lowest BCUT2D eigenvalue weighted by Gasteiger charge is -2.12. The average molecular weight is 237 g/mol. The molecule has 0 spiro atoms. The molecule has 0 saturated heterocycles. The van der Waals surface area contributed by atoms with E-state index in [0.717, 1.165) is 28.1 Å². The molecular formula is C15H15N3. The van der Waals surface area contributed by atoms with Crippen LogP contribution in [-0.4, -0.2) is 24.1 Å². The van der Waals surface area contributed by atoms with Gasteiger partial charge in [0.05, 0.1) is 11.2 Å². The lowest BCUT2D eigenvalue weighted by atomic mass is 10.2. The van der Waals surface area contributed by atoms with E-state index < -0.39 is 0 Å². The fraction of sp³-hybridized carbons (Fsp3) is 0.133. The van der Waals surface area contributed by atoms with Crippen LogP contribution in [0.4, 0.5) is 5.69 Å². The van der Waals surface area contributed by atoms with E-state index >= 15 is 0 Å². The minimum atomic E-state index is 0.917. The monoisotopic (exact) mass is 237 g/mol. The van der Waals surface area contributed by atoms with Crippen LogP contribution in [0.3, 0.4) is 0 Å². The molecule has 3 heteroatoms. The molecule has 0 aliphatic heterocycles. The first-order valence-corrected chi connectivity index (χ1v) is 5.97. The number of aromatic nitrogens is 2. The summed E-state index contributed by atoms with van der Waals surface area (Å²) in [5, 5.41) is 0. The molecule has 1 heterocycles. The van der Waals surface area contributed by atoms with Crippen LogP contribution in [0, 0.1) is 0 Å². The van der Waals surface area contributed by atoms with E-state index in [0.29, 0.717) is 0 Å². The van der Waals surface area contributed by atoms with E-state index in [-0.39, 0.29) is 0 Å². The highest BCUT2D eigenvalue weighted by Gasteiger charge is 2.09. The van der Waals surface area contributed by atoms with Crippen molar-refractivity contribution in [2.24, 2.45) is 0 Å². The highest BCUT2D eigenvalue weighted by atomic mass is 15.1. The van der Waals surface area contributed by atoms with E-state index in [4.69, 9.17) is 4.98 Å². The van der Waals surface area contributed by atoms with E-state index in [9.17, 15) is 0 Å². The second kappa shape index (κ2) is 4.18. The highest BCUT2D eigenvalue weighted by molar-refractivity contribution is 5.90. The Labute approximate surface area is 106 Å². The molecule has 3 aromatic rings. The number of aromatic amines is 1. The first-order valence-electron chi connectivity index (χ1n) is 5.97. The quantitative estimate of drug-likeness (QED) is 0.741. The third-order valence-electron chi connectivity index (χ3n) is 3.02.